The largest absolute Gasteiger partial charge is 0.328 e. The summed E-state index contributed by atoms with van der Waals surface area (Å²) >= 11 is 2.23. The zero-order chi connectivity index (χ0) is 11.5. The highest BCUT2D eigenvalue weighted by molar-refractivity contribution is 14.1. The van der Waals surface area contributed by atoms with E-state index in [2.05, 4.69) is 27.6 Å². The topological polar surface area (TPSA) is 54.9 Å². The first-order valence-electron chi connectivity index (χ1n) is 5.02. The fourth-order valence-corrected chi connectivity index (χ4v) is 1.96. The average Bonchev–Trinajstić information content (AvgIpc) is 2.29. The van der Waals surface area contributed by atoms with E-state index in [1.165, 1.54) is 4.57 Å². The van der Waals surface area contributed by atoms with Gasteiger partial charge in [0.25, 0.3) is 5.56 Å². The molecule has 0 saturated heterocycles. The van der Waals surface area contributed by atoms with Crippen LogP contribution in [0.1, 0.15) is 6.42 Å². The van der Waals surface area contributed by atoms with Crippen molar-refractivity contribution >= 4 is 33.5 Å². The minimum Gasteiger partial charge on any atom is -0.307 e. The lowest BCUT2D eigenvalue weighted by molar-refractivity contribution is 0.630. The molecule has 0 spiro atoms. The highest BCUT2D eigenvalue weighted by atomic mass is 127. The van der Waals surface area contributed by atoms with Crippen molar-refractivity contribution in [2.24, 2.45) is 0 Å². The lowest BCUT2D eigenvalue weighted by Crippen LogP contribution is -2.35. The smallest absolute Gasteiger partial charge is 0.307 e. The predicted octanol–water partition coefficient (Wildman–Crippen LogP) is 1.51. The van der Waals surface area contributed by atoms with E-state index in [1.807, 2.05) is 0 Å². The molecule has 0 fully saturated rings. The summed E-state index contributed by atoms with van der Waals surface area (Å²) in [5.41, 5.74) is 0.0703. The number of aromatic amines is 1. The summed E-state index contributed by atoms with van der Waals surface area (Å²) in [5, 5.41) is 0.565. The maximum atomic E-state index is 12.0. The standard InChI is InChI=1S/C11H11IN2O2/c12-6-3-7-14-10(15)8-4-1-2-5-9(8)13-11(14)16/h1-2,4-5H,3,6-7H2,(H,13,16). The Morgan fingerprint density at radius 2 is 2.00 bits per heavy atom. The maximum Gasteiger partial charge on any atom is 0.328 e. The molecule has 0 unspecified atom stereocenters. The molecule has 2 aromatic rings. The van der Waals surface area contributed by atoms with Gasteiger partial charge in [-0.3, -0.25) is 9.36 Å². The van der Waals surface area contributed by atoms with Crippen molar-refractivity contribution in [1.29, 1.82) is 0 Å². The molecule has 1 heterocycles. The number of nitrogens with one attached hydrogen (secondary N) is 1. The van der Waals surface area contributed by atoms with Gasteiger partial charge in [0.1, 0.15) is 0 Å². The van der Waals surface area contributed by atoms with Crippen LogP contribution in [0.4, 0.5) is 0 Å². The van der Waals surface area contributed by atoms with Crippen molar-refractivity contribution in [2.75, 3.05) is 4.43 Å². The molecule has 1 N–H and O–H groups in total. The first-order chi connectivity index (χ1) is 7.74. The monoisotopic (exact) mass is 330 g/mol. The Kier molecular flexibility index (Phi) is 3.42. The molecular formula is C11H11IN2O2. The van der Waals surface area contributed by atoms with Crippen molar-refractivity contribution in [3.8, 4) is 0 Å². The van der Waals surface area contributed by atoms with Gasteiger partial charge < -0.3 is 4.98 Å². The van der Waals surface area contributed by atoms with Gasteiger partial charge in [0.2, 0.25) is 0 Å². The summed E-state index contributed by atoms with van der Waals surface area (Å²) in [6.45, 7) is 0.474. The number of benzene rings is 1. The van der Waals surface area contributed by atoms with E-state index in [-0.39, 0.29) is 11.2 Å². The summed E-state index contributed by atoms with van der Waals surface area (Å²) in [7, 11) is 0. The number of halogens is 1. The second kappa shape index (κ2) is 4.82. The van der Waals surface area contributed by atoms with Crippen molar-refractivity contribution in [2.45, 2.75) is 13.0 Å². The molecule has 84 valence electrons. The van der Waals surface area contributed by atoms with Crippen LogP contribution in [0.25, 0.3) is 10.9 Å². The van der Waals surface area contributed by atoms with Crippen LogP contribution >= 0.6 is 22.6 Å². The number of para-hydroxylation sites is 1. The Hall–Kier alpha value is -1.11. The van der Waals surface area contributed by atoms with Crippen LogP contribution < -0.4 is 11.2 Å². The molecule has 0 amide bonds. The number of nitrogens with zero attached hydrogens (tertiary/aromatic N) is 1. The number of rotatable bonds is 3. The van der Waals surface area contributed by atoms with Crippen LogP contribution in [0.3, 0.4) is 0 Å². The van der Waals surface area contributed by atoms with Crippen LogP contribution in [-0.2, 0) is 6.54 Å². The van der Waals surface area contributed by atoms with Crippen molar-refractivity contribution in [3.63, 3.8) is 0 Å². The molecular weight excluding hydrogens is 319 g/mol. The van der Waals surface area contributed by atoms with E-state index in [0.29, 0.717) is 17.4 Å². The summed E-state index contributed by atoms with van der Waals surface area (Å²) in [6, 6.07) is 7.06. The van der Waals surface area contributed by atoms with E-state index in [9.17, 15) is 9.59 Å². The molecule has 4 nitrogen and oxygen atoms in total. The van der Waals surface area contributed by atoms with Gasteiger partial charge in [-0.05, 0) is 18.6 Å². The highest BCUT2D eigenvalue weighted by Crippen LogP contribution is 2.03. The van der Waals surface area contributed by atoms with Crippen LogP contribution in [-0.4, -0.2) is 14.0 Å². The number of hydrogen-bond acceptors (Lipinski definition) is 2. The molecule has 1 aromatic carbocycles. The number of aromatic nitrogens is 2. The lowest BCUT2D eigenvalue weighted by atomic mass is 10.2. The maximum absolute atomic E-state index is 12.0. The molecule has 0 bridgehead atoms. The first-order valence-corrected chi connectivity index (χ1v) is 6.54. The van der Waals surface area contributed by atoms with E-state index in [0.717, 1.165) is 10.8 Å². The van der Waals surface area contributed by atoms with Crippen molar-refractivity contribution < 1.29 is 0 Å². The average molecular weight is 330 g/mol. The Morgan fingerprint density at radius 1 is 1.25 bits per heavy atom. The molecule has 0 aliphatic carbocycles. The number of alkyl halides is 1. The molecule has 0 radical (unpaired) electrons. The molecule has 16 heavy (non-hydrogen) atoms. The molecule has 1 aromatic heterocycles. The fraction of sp³-hybridized carbons (Fsp3) is 0.273. The van der Waals surface area contributed by atoms with E-state index >= 15 is 0 Å². The molecule has 0 atom stereocenters. The first kappa shape index (κ1) is 11.4. The second-order valence-electron chi connectivity index (χ2n) is 3.48. The van der Waals surface area contributed by atoms with Gasteiger partial charge >= 0.3 is 5.69 Å². The fourth-order valence-electron chi connectivity index (χ4n) is 1.62. The summed E-state index contributed by atoms with van der Waals surface area (Å²) < 4.78 is 2.19. The Bertz CT molecular complexity index is 615. The van der Waals surface area contributed by atoms with Gasteiger partial charge in [-0.2, -0.15) is 0 Å². The van der Waals surface area contributed by atoms with Gasteiger partial charge in [0, 0.05) is 11.0 Å². The van der Waals surface area contributed by atoms with Gasteiger partial charge in [-0.1, -0.05) is 34.7 Å². The van der Waals surface area contributed by atoms with Gasteiger partial charge in [0.05, 0.1) is 10.9 Å². The third kappa shape index (κ3) is 2.04. The van der Waals surface area contributed by atoms with Gasteiger partial charge in [-0.25, -0.2) is 4.79 Å². The zero-order valence-corrected chi connectivity index (χ0v) is 10.7. The van der Waals surface area contributed by atoms with Gasteiger partial charge in [-0.15, -0.1) is 0 Å². The zero-order valence-electron chi connectivity index (χ0n) is 8.57. The van der Waals surface area contributed by atoms with Gasteiger partial charge in [0.15, 0.2) is 0 Å². The van der Waals surface area contributed by atoms with Crippen LogP contribution in [0, 0.1) is 0 Å². The van der Waals surface area contributed by atoms with Crippen LogP contribution in [0.5, 0.6) is 0 Å². The predicted molar refractivity (Wildman–Crippen MR) is 72.3 cm³/mol. The lowest BCUT2D eigenvalue weighted by Gasteiger charge is -2.04. The molecule has 0 aliphatic rings. The Labute approximate surface area is 105 Å². The second-order valence-corrected chi connectivity index (χ2v) is 4.55. The highest BCUT2D eigenvalue weighted by Gasteiger charge is 2.05. The van der Waals surface area contributed by atoms with Crippen molar-refractivity contribution in [1.82, 2.24) is 9.55 Å². The third-order valence-corrected chi connectivity index (χ3v) is 3.17. The Balaban J connectivity index is 2.66. The number of H-pyrrole nitrogens is 1. The molecule has 5 heteroatoms. The number of hydrogen-bond donors (Lipinski definition) is 1. The quantitative estimate of drug-likeness (QED) is 0.685. The van der Waals surface area contributed by atoms with E-state index in [1.54, 1.807) is 24.3 Å². The molecule has 2 rings (SSSR count). The van der Waals surface area contributed by atoms with Crippen molar-refractivity contribution in [3.05, 3.63) is 45.1 Å². The van der Waals surface area contributed by atoms with Crippen LogP contribution in [0.15, 0.2) is 33.9 Å². The summed E-state index contributed by atoms with van der Waals surface area (Å²) in [4.78, 5) is 26.4. The SMILES string of the molecule is O=c1[nH]c2ccccc2c(=O)n1CCCI. The normalized spacial score (nSPS) is 10.8. The summed E-state index contributed by atoms with van der Waals surface area (Å²) in [5.74, 6) is 0. The molecule has 0 saturated carbocycles. The van der Waals surface area contributed by atoms with E-state index < -0.39 is 0 Å². The third-order valence-electron chi connectivity index (χ3n) is 2.40. The van der Waals surface area contributed by atoms with E-state index in [4.69, 9.17) is 0 Å². The Morgan fingerprint density at radius 3 is 2.75 bits per heavy atom. The molecule has 0 aliphatic heterocycles. The minimum absolute atomic E-state index is 0.204. The minimum atomic E-state index is -0.325. The van der Waals surface area contributed by atoms with Crippen LogP contribution in [0.2, 0.25) is 0 Å². The number of fused-ring (bicyclic) bond motifs is 1. The summed E-state index contributed by atoms with van der Waals surface area (Å²) in [6.07, 6.45) is 0.821.